The second kappa shape index (κ2) is 5.87. The fourth-order valence-corrected chi connectivity index (χ4v) is 2.47. The van der Waals surface area contributed by atoms with Crippen LogP contribution in [0.1, 0.15) is 31.0 Å². The summed E-state index contributed by atoms with van der Waals surface area (Å²) in [6, 6.07) is 4.91. The second-order valence-electron chi connectivity index (χ2n) is 4.93. The number of anilines is 1. The Morgan fingerprint density at radius 3 is 2.50 bits per heavy atom. The highest BCUT2D eigenvalue weighted by Gasteiger charge is 2.15. The van der Waals surface area contributed by atoms with Crippen molar-refractivity contribution in [1.82, 2.24) is 9.97 Å². The van der Waals surface area contributed by atoms with Crippen molar-refractivity contribution in [1.29, 1.82) is 0 Å². The molecule has 1 aromatic heterocycles. The summed E-state index contributed by atoms with van der Waals surface area (Å²) in [5.74, 6) is 1.34. The SMILES string of the molecule is CNc1nc(-c2ccc(Br)c(F)c2)nc(C)c1C(C)C. The molecule has 0 amide bonds. The maximum atomic E-state index is 13.6. The van der Waals surface area contributed by atoms with Crippen LogP contribution in [0.25, 0.3) is 11.4 Å². The molecule has 0 spiro atoms. The molecule has 1 N–H and O–H groups in total. The average molecular weight is 338 g/mol. The van der Waals surface area contributed by atoms with E-state index in [9.17, 15) is 4.39 Å². The van der Waals surface area contributed by atoms with Crippen LogP contribution >= 0.6 is 15.9 Å². The number of halogens is 2. The first-order chi connectivity index (χ1) is 9.43. The lowest BCUT2D eigenvalue weighted by molar-refractivity contribution is 0.621. The van der Waals surface area contributed by atoms with E-state index in [0.29, 0.717) is 21.8 Å². The lowest BCUT2D eigenvalue weighted by Gasteiger charge is -2.15. The summed E-state index contributed by atoms with van der Waals surface area (Å²) in [5, 5.41) is 3.10. The quantitative estimate of drug-likeness (QED) is 0.894. The Labute approximate surface area is 126 Å². The van der Waals surface area contributed by atoms with Gasteiger partial charge in [-0.05, 0) is 47.0 Å². The van der Waals surface area contributed by atoms with Gasteiger partial charge >= 0.3 is 0 Å². The summed E-state index contributed by atoms with van der Waals surface area (Å²) in [4.78, 5) is 9.02. The molecule has 0 unspecified atom stereocenters. The molecule has 3 nitrogen and oxygen atoms in total. The predicted molar refractivity (Wildman–Crippen MR) is 83.5 cm³/mol. The van der Waals surface area contributed by atoms with Crippen LogP contribution < -0.4 is 5.32 Å². The van der Waals surface area contributed by atoms with E-state index in [1.165, 1.54) is 6.07 Å². The third-order valence-corrected chi connectivity index (χ3v) is 3.77. The molecule has 5 heteroatoms. The van der Waals surface area contributed by atoms with E-state index in [0.717, 1.165) is 17.1 Å². The van der Waals surface area contributed by atoms with Gasteiger partial charge < -0.3 is 5.32 Å². The maximum absolute atomic E-state index is 13.6. The van der Waals surface area contributed by atoms with Gasteiger partial charge in [-0.15, -0.1) is 0 Å². The first-order valence-corrected chi connectivity index (χ1v) is 7.25. The number of aryl methyl sites for hydroxylation is 1. The molecule has 20 heavy (non-hydrogen) atoms. The Hall–Kier alpha value is -1.49. The standard InChI is InChI=1S/C15H17BrFN3/c1-8(2)13-9(3)19-14(20-15(13)18-4)10-5-6-11(16)12(17)7-10/h5-8H,1-4H3,(H,18,19,20). The van der Waals surface area contributed by atoms with E-state index in [1.807, 2.05) is 14.0 Å². The van der Waals surface area contributed by atoms with Crippen molar-refractivity contribution in [3.63, 3.8) is 0 Å². The molecule has 0 saturated carbocycles. The molecular weight excluding hydrogens is 321 g/mol. The van der Waals surface area contributed by atoms with Gasteiger partial charge in [0.2, 0.25) is 0 Å². The topological polar surface area (TPSA) is 37.8 Å². The van der Waals surface area contributed by atoms with Crippen molar-refractivity contribution < 1.29 is 4.39 Å². The summed E-state index contributed by atoms with van der Waals surface area (Å²) in [6.45, 7) is 6.16. The third-order valence-electron chi connectivity index (χ3n) is 3.13. The van der Waals surface area contributed by atoms with E-state index < -0.39 is 0 Å². The van der Waals surface area contributed by atoms with Gasteiger partial charge in [0.1, 0.15) is 11.6 Å². The Kier molecular flexibility index (Phi) is 4.38. The van der Waals surface area contributed by atoms with Crippen LogP contribution in [0.4, 0.5) is 10.2 Å². The molecule has 1 aromatic carbocycles. The van der Waals surface area contributed by atoms with Crippen molar-refractivity contribution in [3.05, 3.63) is 39.7 Å². The molecule has 0 atom stereocenters. The van der Waals surface area contributed by atoms with Crippen molar-refractivity contribution in [2.75, 3.05) is 12.4 Å². The first-order valence-electron chi connectivity index (χ1n) is 6.45. The minimum atomic E-state index is -0.317. The average Bonchev–Trinajstić information content (AvgIpc) is 2.40. The van der Waals surface area contributed by atoms with E-state index in [2.05, 4.69) is 45.1 Å². The lowest BCUT2D eigenvalue weighted by atomic mass is 10.0. The molecule has 0 fully saturated rings. The molecule has 0 aliphatic heterocycles. The number of rotatable bonds is 3. The van der Waals surface area contributed by atoms with E-state index in [4.69, 9.17) is 0 Å². The van der Waals surface area contributed by atoms with Crippen LogP contribution in [0.15, 0.2) is 22.7 Å². The van der Waals surface area contributed by atoms with E-state index in [1.54, 1.807) is 12.1 Å². The fraction of sp³-hybridized carbons (Fsp3) is 0.333. The minimum absolute atomic E-state index is 0.317. The van der Waals surface area contributed by atoms with Gasteiger partial charge in [0.25, 0.3) is 0 Å². The summed E-state index contributed by atoms with van der Waals surface area (Å²) in [5.41, 5.74) is 2.67. The van der Waals surface area contributed by atoms with Crippen LogP contribution in [0.3, 0.4) is 0 Å². The Morgan fingerprint density at radius 2 is 1.95 bits per heavy atom. The zero-order chi connectivity index (χ0) is 14.9. The lowest BCUT2D eigenvalue weighted by Crippen LogP contribution is -2.07. The Bertz CT molecular complexity index is 641. The molecule has 2 aromatic rings. The van der Waals surface area contributed by atoms with Crippen molar-refractivity contribution in [2.24, 2.45) is 0 Å². The zero-order valence-corrected chi connectivity index (χ0v) is 13.5. The highest BCUT2D eigenvalue weighted by atomic mass is 79.9. The number of hydrogen-bond acceptors (Lipinski definition) is 3. The monoisotopic (exact) mass is 337 g/mol. The van der Waals surface area contributed by atoms with Crippen molar-refractivity contribution in [3.8, 4) is 11.4 Å². The highest BCUT2D eigenvalue weighted by molar-refractivity contribution is 9.10. The zero-order valence-electron chi connectivity index (χ0n) is 12.0. The number of nitrogens with zero attached hydrogens (tertiary/aromatic N) is 2. The number of benzene rings is 1. The van der Waals surface area contributed by atoms with Crippen LogP contribution in [0.2, 0.25) is 0 Å². The van der Waals surface area contributed by atoms with E-state index >= 15 is 0 Å². The largest absolute Gasteiger partial charge is 0.373 e. The molecule has 106 valence electrons. The molecule has 0 bridgehead atoms. The Morgan fingerprint density at radius 1 is 1.25 bits per heavy atom. The van der Waals surface area contributed by atoms with E-state index in [-0.39, 0.29) is 5.82 Å². The summed E-state index contributed by atoms with van der Waals surface area (Å²) in [7, 11) is 1.83. The second-order valence-corrected chi connectivity index (χ2v) is 5.78. The molecule has 0 radical (unpaired) electrons. The smallest absolute Gasteiger partial charge is 0.161 e. The molecule has 0 aliphatic carbocycles. The molecular formula is C15H17BrFN3. The fourth-order valence-electron chi connectivity index (χ4n) is 2.23. The van der Waals surface area contributed by atoms with Crippen LogP contribution in [0.5, 0.6) is 0 Å². The van der Waals surface area contributed by atoms with Gasteiger partial charge in [-0.2, -0.15) is 0 Å². The van der Waals surface area contributed by atoms with Crippen LogP contribution in [-0.4, -0.2) is 17.0 Å². The third kappa shape index (κ3) is 2.82. The van der Waals surface area contributed by atoms with Crippen LogP contribution in [-0.2, 0) is 0 Å². The molecule has 0 aliphatic rings. The molecule has 2 rings (SSSR count). The molecule has 0 saturated heterocycles. The normalized spacial score (nSPS) is 10.9. The van der Waals surface area contributed by atoms with Gasteiger partial charge in [0, 0.05) is 23.9 Å². The van der Waals surface area contributed by atoms with Gasteiger partial charge in [-0.25, -0.2) is 14.4 Å². The van der Waals surface area contributed by atoms with Gasteiger partial charge in [0.05, 0.1) is 4.47 Å². The summed E-state index contributed by atoms with van der Waals surface area (Å²) >= 11 is 3.15. The van der Waals surface area contributed by atoms with Crippen LogP contribution in [0, 0.1) is 12.7 Å². The summed E-state index contributed by atoms with van der Waals surface area (Å²) < 4.78 is 14.1. The Balaban J connectivity index is 2.58. The number of aromatic nitrogens is 2. The van der Waals surface area contributed by atoms with Gasteiger partial charge in [-0.3, -0.25) is 0 Å². The number of hydrogen-bond donors (Lipinski definition) is 1. The predicted octanol–water partition coefficient (Wildman–Crippen LogP) is 4.52. The summed E-state index contributed by atoms with van der Waals surface area (Å²) in [6.07, 6.45) is 0. The minimum Gasteiger partial charge on any atom is -0.373 e. The highest BCUT2D eigenvalue weighted by Crippen LogP contribution is 2.29. The van der Waals surface area contributed by atoms with Crippen molar-refractivity contribution in [2.45, 2.75) is 26.7 Å². The van der Waals surface area contributed by atoms with Gasteiger partial charge in [0.15, 0.2) is 5.82 Å². The number of nitrogens with one attached hydrogen (secondary N) is 1. The van der Waals surface area contributed by atoms with Crippen molar-refractivity contribution >= 4 is 21.7 Å². The first kappa shape index (κ1) is 14.9. The van der Waals surface area contributed by atoms with Gasteiger partial charge in [-0.1, -0.05) is 13.8 Å². The molecule has 1 heterocycles. The maximum Gasteiger partial charge on any atom is 0.161 e.